The molecule has 3 heterocycles. The maximum atomic E-state index is 10.4. The van der Waals surface area contributed by atoms with Gasteiger partial charge < -0.3 is 25.1 Å². The van der Waals surface area contributed by atoms with Crippen molar-refractivity contribution < 1.29 is 9.84 Å². The number of aliphatic hydroxyl groups is 1. The van der Waals surface area contributed by atoms with E-state index in [1.807, 2.05) is 19.2 Å². The summed E-state index contributed by atoms with van der Waals surface area (Å²) in [7, 11) is 1.73. The van der Waals surface area contributed by atoms with E-state index in [-0.39, 0.29) is 6.10 Å². The first-order valence-electron chi connectivity index (χ1n) is 13.5. The molecule has 37 heavy (non-hydrogen) atoms. The molecule has 0 bridgehead atoms. The van der Waals surface area contributed by atoms with Crippen LogP contribution in [0.2, 0.25) is 0 Å². The number of benzene rings is 1. The number of nitrogens with one attached hydrogen (secondary N) is 1. The number of nitrogens with zero attached hydrogens (tertiary/aromatic N) is 5. The lowest BCUT2D eigenvalue weighted by molar-refractivity contribution is -0.0255. The normalized spacial score (nSPS) is 13.6. The number of aliphatic hydroxyl groups excluding tert-OH is 1. The highest BCUT2D eigenvalue weighted by atomic mass is 16.5. The van der Waals surface area contributed by atoms with Crippen molar-refractivity contribution in [1.82, 2.24) is 29.4 Å². The van der Waals surface area contributed by atoms with Gasteiger partial charge in [0.2, 0.25) is 0 Å². The molecule has 0 aliphatic heterocycles. The van der Waals surface area contributed by atoms with E-state index in [2.05, 4.69) is 49.5 Å². The van der Waals surface area contributed by atoms with Gasteiger partial charge in [0.25, 0.3) is 0 Å². The molecule has 1 aromatic carbocycles. The zero-order chi connectivity index (χ0) is 26.2. The molecule has 0 spiro atoms. The zero-order valence-electron chi connectivity index (χ0n) is 22.4. The molecule has 0 aliphatic rings. The summed E-state index contributed by atoms with van der Waals surface area (Å²) in [4.78, 5) is 18.8. The van der Waals surface area contributed by atoms with Gasteiger partial charge in [-0.05, 0) is 62.8 Å². The van der Waals surface area contributed by atoms with Crippen molar-refractivity contribution in [1.29, 1.82) is 0 Å². The Morgan fingerprint density at radius 3 is 2.81 bits per heavy atom. The Bertz CT molecular complexity index is 1270. The molecule has 0 aliphatic carbocycles. The zero-order valence-corrected chi connectivity index (χ0v) is 22.4. The molecule has 9 heteroatoms. The van der Waals surface area contributed by atoms with E-state index in [0.29, 0.717) is 12.4 Å². The molecule has 0 saturated heterocycles. The van der Waals surface area contributed by atoms with Crippen LogP contribution in [0.4, 0.5) is 5.82 Å². The first-order chi connectivity index (χ1) is 18.0. The number of ether oxygens (including phenoxy) is 1. The highest BCUT2D eigenvalue weighted by molar-refractivity contribution is 5.85. The van der Waals surface area contributed by atoms with Crippen molar-refractivity contribution in [2.75, 3.05) is 25.9 Å². The monoisotopic (exact) mass is 507 g/mol. The summed E-state index contributed by atoms with van der Waals surface area (Å²) in [5.41, 5.74) is 10.3. The number of hydrogen-bond acceptors (Lipinski definition) is 7. The summed E-state index contributed by atoms with van der Waals surface area (Å²) in [6.07, 6.45) is 10.1. The minimum absolute atomic E-state index is 0.0106. The number of imidazole rings is 1. The van der Waals surface area contributed by atoms with E-state index < -0.39 is 6.23 Å². The molecule has 0 amide bonds. The van der Waals surface area contributed by atoms with Gasteiger partial charge in [-0.2, -0.15) is 0 Å². The first-order valence-corrected chi connectivity index (χ1v) is 13.5. The Balaban J connectivity index is 1.25. The summed E-state index contributed by atoms with van der Waals surface area (Å²) in [5, 5.41) is 11.3. The number of anilines is 1. The van der Waals surface area contributed by atoms with Gasteiger partial charge in [0.05, 0.1) is 22.5 Å². The van der Waals surface area contributed by atoms with E-state index >= 15 is 0 Å². The quantitative estimate of drug-likeness (QED) is 0.162. The Hall–Kier alpha value is -3.01. The van der Waals surface area contributed by atoms with Gasteiger partial charge >= 0.3 is 0 Å². The van der Waals surface area contributed by atoms with Crippen LogP contribution in [0.5, 0.6) is 0 Å². The SMILES string of the molecule is CCCCc1ccc2nc(CCCCN(C[C@H](CCn3ccc4c(N)ncnc43)OC)C(C)O)[nH]c2c1. The molecule has 4 aromatic rings. The summed E-state index contributed by atoms with van der Waals surface area (Å²) >= 11 is 0. The fourth-order valence-electron chi connectivity index (χ4n) is 4.83. The Morgan fingerprint density at radius 2 is 2.03 bits per heavy atom. The van der Waals surface area contributed by atoms with Crippen LogP contribution in [0, 0.1) is 0 Å². The van der Waals surface area contributed by atoms with Gasteiger partial charge in [-0.3, -0.25) is 4.90 Å². The van der Waals surface area contributed by atoms with Crippen LogP contribution in [-0.4, -0.2) is 67.0 Å². The number of nitrogen functional groups attached to an aromatic ring is 1. The summed E-state index contributed by atoms with van der Waals surface area (Å²) in [5.74, 6) is 1.52. The van der Waals surface area contributed by atoms with Gasteiger partial charge in [-0.15, -0.1) is 0 Å². The minimum Gasteiger partial charge on any atom is -0.383 e. The van der Waals surface area contributed by atoms with E-state index in [4.69, 9.17) is 15.5 Å². The lowest BCUT2D eigenvalue weighted by Crippen LogP contribution is -2.40. The number of aromatic amines is 1. The number of fused-ring (bicyclic) bond motifs is 2. The van der Waals surface area contributed by atoms with Crippen LogP contribution >= 0.6 is 0 Å². The summed E-state index contributed by atoms with van der Waals surface area (Å²) in [6, 6.07) is 8.50. The molecule has 200 valence electrons. The number of rotatable bonds is 15. The number of aryl methyl sites for hydroxylation is 3. The van der Waals surface area contributed by atoms with Crippen LogP contribution in [0.3, 0.4) is 0 Å². The lowest BCUT2D eigenvalue weighted by atomic mass is 10.1. The van der Waals surface area contributed by atoms with Gasteiger partial charge in [0.1, 0.15) is 29.8 Å². The van der Waals surface area contributed by atoms with Crippen molar-refractivity contribution in [3.8, 4) is 0 Å². The van der Waals surface area contributed by atoms with Crippen LogP contribution in [-0.2, 0) is 24.1 Å². The fourth-order valence-corrected chi connectivity index (χ4v) is 4.83. The third-order valence-corrected chi connectivity index (χ3v) is 7.10. The van der Waals surface area contributed by atoms with Crippen molar-refractivity contribution >= 4 is 27.9 Å². The molecular weight excluding hydrogens is 466 g/mol. The fraction of sp³-hybridized carbons (Fsp3) is 0.536. The Morgan fingerprint density at radius 1 is 1.16 bits per heavy atom. The third kappa shape index (κ3) is 7.06. The standard InChI is InChI=1S/C28H41N7O2/c1-4-5-8-21-10-11-24-25(17-21)33-26(32-24)9-6-7-14-35(20(2)36)18-22(37-3)12-15-34-16-13-23-27(29)30-19-31-28(23)34/h10-11,13,16-17,19-20,22,36H,4-9,12,14-15,18H2,1-3H3,(H,32,33)(H2,29,30,31)/t20?,22-/m0/s1. The number of hydrogen-bond donors (Lipinski definition) is 3. The molecule has 0 radical (unpaired) electrons. The molecule has 0 fully saturated rings. The second kappa shape index (κ2) is 13.0. The van der Waals surface area contributed by atoms with Crippen LogP contribution in [0.15, 0.2) is 36.8 Å². The van der Waals surface area contributed by atoms with E-state index in [0.717, 1.165) is 73.1 Å². The van der Waals surface area contributed by atoms with Crippen molar-refractivity contribution in [2.24, 2.45) is 0 Å². The highest BCUT2D eigenvalue weighted by Gasteiger charge is 2.18. The van der Waals surface area contributed by atoms with E-state index in [9.17, 15) is 5.11 Å². The third-order valence-electron chi connectivity index (χ3n) is 7.10. The number of H-pyrrole nitrogens is 1. The van der Waals surface area contributed by atoms with Crippen molar-refractivity contribution in [2.45, 2.75) is 77.7 Å². The second-order valence-electron chi connectivity index (χ2n) is 9.87. The molecule has 4 rings (SSSR count). The number of methoxy groups -OCH3 is 1. The highest BCUT2D eigenvalue weighted by Crippen LogP contribution is 2.19. The topological polar surface area (TPSA) is 118 Å². The molecule has 4 N–H and O–H groups in total. The van der Waals surface area contributed by atoms with E-state index in [1.165, 1.54) is 24.7 Å². The Labute approximate surface area is 219 Å². The van der Waals surface area contributed by atoms with E-state index in [1.54, 1.807) is 7.11 Å². The van der Waals surface area contributed by atoms with Crippen LogP contribution in [0.1, 0.15) is 57.3 Å². The van der Waals surface area contributed by atoms with Crippen LogP contribution in [0.25, 0.3) is 22.1 Å². The number of nitrogens with two attached hydrogens (primary N) is 1. The smallest absolute Gasteiger partial charge is 0.145 e. The van der Waals surface area contributed by atoms with Crippen molar-refractivity contribution in [3.63, 3.8) is 0 Å². The predicted octanol–water partition coefficient (Wildman–Crippen LogP) is 4.30. The second-order valence-corrected chi connectivity index (χ2v) is 9.87. The summed E-state index contributed by atoms with van der Waals surface area (Å²) in [6.45, 7) is 6.25. The van der Waals surface area contributed by atoms with Gasteiger partial charge in [0, 0.05) is 39.4 Å². The number of unbranched alkanes of at least 4 members (excludes halogenated alkanes) is 2. The molecule has 0 saturated carbocycles. The van der Waals surface area contributed by atoms with Crippen LogP contribution < -0.4 is 5.73 Å². The predicted molar refractivity (Wildman–Crippen MR) is 148 cm³/mol. The first kappa shape index (κ1) is 27.0. The maximum absolute atomic E-state index is 10.4. The molecule has 2 atom stereocenters. The minimum atomic E-state index is -0.537. The molecule has 3 aromatic heterocycles. The molecule has 1 unspecified atom stereocenters. The average molecular weight is 508 g/mol. The van der Waals surface area contributed by atoms with Crippen molar-refractivity contribution in [3.05, 3.63) is 48.2 Å². The molecule has 9 nitrogen and oxygen atoms in total. The Kier molecular flexibility index (Phi) is 9.49. The largest absolute Gasteiger partial charge is 0.383 e. The summed E-state index contributed by atoms with van der Waals surface area (Å²) < 4.78 is 7.85. The van der Waals surface area contributed by atoms with Gasteiger partial charge in [0.15, 0.2) is 0 Å². The maximum Gasteiger partial charge on any atom is 0.145 e. The molecular formula is C28H41N7O2. The number of aromatic nitrogens is 5. The van der Waals surface area contributed by atoms with Gasteiger partial charge in [-0.25, -0.2) is 15.0 Å². The lowest BCUT2D eigenvalue weighted by Gasteiger charge is -2.29. The average Bonchev–Trinajstić information content (AvgIpc) is 3.50. The van der Waals surface area contributed by atoms with Gasteiger partial charge in [-0.1, -0.05) is 19.4 Å².